The van der Waals surface area contributed by atoms with E-state index in [1.807, 2.05) is 0 Å². The minimum absolute atomic E-state index is 0.340. The molecule has 0 saturated heterocycles. The number of anilines is 2. The fourth-order valence-corrected chi connectivity index (χ4v) is 3.50. The number of hydrogen-bond donors (Lipinski definition) is 1. The van der Waals surface area contributed by atoms with Gasteiger partial charge < -0.3 is 10.2 Å². The first-order valence-corrected chi connectivity index (χ1v) is 9.09. The van der Waals surface area contributed by atoms with Gasteiger partial charge in [-0.1, -0.05) is 24.3 Å². The molecule has 0 spiro atoms. The Balaban J connectivity index is 1.68. The minimum atomic E-state index is 0.340. The van der Waals surface area contributed by atoms with E-state index in [0.717, 1.165) is 24.7 Å². The van der Waals surface area contributed by atoms with Gasteiger partial charge in [-0.05, 0) is 51.2 Å². The van der Waals surface area contributed by atoms with Crippen LogP contribution in [-0.4, -0.2) is 22.1 Å². The molecule has 1 aromatic heterocycles. The van der Waals surface area contributed by atoms with E-state index in [1.165, 1.54) is 29.7 Å². The summed E-state index contributed by atoms with van der Waals surface area (Å²) < 4.78 is 0. The molecule has 0 unspecified atom stereocenters. The normalized spacial score (nSPS) is 20.2. The molecule has 1 fully saturated rings. The van der Waals surface area contributed by atoms with Crippen LogP contribution in [0.25, 0.3) is 0 Å². The van der Waals surface area contributed by atoms with Crippen molar-refractivity contribution in [1.82, 2.24) is 9.97 Å². The number of benzene rings is 1. The second-order valence-corrected chi connectivity index (χ2v) is 7.50. The molecule has 1 aromatic carbocycles. The van der Waals surface area contributed by atoms with Gasteiger partial charge in [0.15, 0.2) is 0 Å². The van der Waals surface area contributed by atoms with Crippen LogP contribution in [0.15, 0.2) is 30.3 Å². The molecule has 4 heteroatoms. The van der Waals surface area contributed by atoms with E-state index in [2.05, 4.69) is 61.3 Å². The van der Waals surface area contributed by atoms with Gasteiger partial charge in [-0.15, -0.1) is 0 Å². The van der Waals surface area contributed by atoms with Crippen LogP contribution in [0.3, 0.4) is 0 Å². The van der Waals surface area contributed by atoms with E-state index >= 15 is 0 Å². The average molecular weight is 322 g/mol. The Morgan fingerprint density at radius 2 is 1.88 bits per heavy atom. The molecule has 1 aliphatic carbocycles. The topological polar surface area (TPSA) is 41.1 Å². The molecule has 4 nitrogen and oxygen atoms in total. The lowest BCUT2D eigenvalue weighted by atomic mass is 9.95. The van der Waals surface area contributed by atoms with Crippen molar-refractivity contribution in [3.63, 3.8) is 0 Å². The molecular weight excluding hydrogens is 296 g/mol. The van der Waals surface area contributed by atoms with Gasteiger partial charge in [-0.2, -0.15) is 4.98 Å². The summed E-state index contributed by atoms with van der Waals surface area (Å²) in [7, 11) is 0. The number of hydrogen-bond acceptors (Lipinski definition) is 4. The van der Waals surface area contributed by atoms with Crippen molar-refractivity contribution in [1.29, 1.82) is 0 Å². The lowest BCUT2D eigenvalue weighted by molar-refractivity contribution is 0.586. The molecule has 0 amide bonds. The summed E-state index contributed by atoms with van der Waals surface area (Å²) in [5.41, 5.74) is 4.09. The second-order valence-electron chi connectivity index (χ2n) is 7.50. The Kier molecular flexibility index (Phi) is 3.91. The highest BCUT2D eigenvalue weighted by atomic mass is 15.3. The maximum absolute atomic E-state index is 4.83. The second kappa shape index (κ2) is 6.08. The summed E-state index contributed by atoms with van der Waals surface area (Å²) in [5.74, 6) is 2.47. The van der Waals surface area contributed by atoms with Crippen LogP contribution in [0.4, 0.5) is 11.8 Å². The number of fused-ring (bicyclic) bond motifs is 1. The Hall–Kier alpha value is -2.10. The molecule has 1 atom stereocenters. The molecule has 24 heavy (non-hydrogen) atoms. The first-order valence-electron chi connectivity index (χ1n) is 9.09. The first kappa shape index (κ1) is 15.4. The highest BCUT2D eigenvalue weighted by Gasteiger charge is 2.29. The predicted molar refractivity (Wildman–Crippen MR) is 98.6 cm³/mol. The molecule has 1 saturated carbocycles. The fourth-order valence-electron chi connectivity index (χ4n) is 3.50. The summed E-state index contributed by atoms with van der Waals surface area (Å²) in [5, 5.41) is 3.39. The van der Waals surface area contributed by atoms with Gasteiger partial charge in [0.1, 0.15) is 5.82 Å². The third-order valence-corrected chi connectivity index (χ3v) is 4.95. The third-order valence-electron chi connectivity index (χ3n) is 4.95. The molecule has 0 radical (unpaired) electrons. The standard InChI is InChI=1S/C20H26N4/c1-13(2)21-20-22-18(15-8-9-15)11-19(23-20)24-12-17-7-5-4-6-16(17)10-14(24)3/h4-7,11,13-15H,8-10,12H2,1-3H3,(H,21,22,23)/t14-/m1/s1. The number of nitrogens with zero attached hydrogens (tertiary/aromatic N) is 3. The van der Waals surface area contributed by atoms with E-state index < -0.39 is 0 Å². The summed E-state index contributed by atoms with van der Waals surface area (Å²) in [4.78, 5) is 12.0. The summed E-state index contributed by atoms with van der Waals surface area (Å²) >= 11 is 0. The van der Waals surface area contributed by atoms with E-state index in [0.29, 0.717) is 18.0 Å². The summed E-state index contributed by atoms with van der Waals surface area (Å²) in [6.07, 6.45) is 3.60. The van der Waals surface area contributed by atoms with E-state index in [-0.39, 0.29) is 0 Å². The molecule has 2 heterocycles. The van der Waals surface area contributed by atoms with Gasteiger partial charge in [0.2, 0.25) is 5.95 Å². The summed E-state index contributed by atoms with van der Waals surface area (Å²) in [6, 6.07) is 11.8. The van der Waals surface area contributed by atoms with E-state index in [4.69, 9.17) is 9.97 Å². The van der Waals surface area contributed by atoms with Gasteiger partial charge in [0.25, 0.3) is 0 Å². The van der Waals surface area contributed by atoms with Gasteiger partial charge in [0, 0.05) is 30.6 Å². The molecule has 2 aromatic rings. The largest absolute Gasteiger partial charge is 0.352 e. The van der Waals surface area contributed by atoms with E-state index in [1.54, 1.807) is 0 Å². The lowest BCUT2D eigenvalue weighted by Crippen LogP contribution is -2.39. The quantitative estimate of drug-likeness (QED) is 0.919. The minimum Gasteiger partial charge on any atom is -0.352 e. The van der Waals surface area contributed by atoms with Crippen molar-refractivity contribution in [3.8, 4) is 0 Å². The first-order chi connectivity index (χ1) is 11.6. The highest BCUT2D eigenvalue weighted by molar-refractivity contribution is 5.50. The van der Waals surface area contributed by atoms with Crippen LogP contribution in [0.2, 0.25) is 0 Å². The lowest BCUT2D eigenvalue weighted by Gasteiger charge is -2.36. The van der Waals surface area contributed by atoms with Crippen molar-refractivity contribution < 1.29 is 0 Å². The maximum Gasteiger partial charge on any atom is 0.225 e. The number of rotatable bonds is 4. The Morgan fingerprint density at radius 3 is 2.58 bits per heavy atom. The van der Waals surface area contributed by atoms with Gasteiger partial charge in [-0.25, -0.2) is 4.98 Å². The van der Waals surface area contributed by atoms with Crippen molar-refractivity contribution in [2.75, 3.05) is 10.2 Å². The maximum atomic E-state index is 4.83. The fraction of sp³-hybridized carbons (Fsp3) is 0.500. The van der Waals surface area contributed by atoms with Crippen LogP contribution < -0.4 is 10.2 Å². The zero-order valence-electron chi connectivity index (χ0n) is 14.8. The van der Waals surface area contributed by atoms with Gasteiger partial charge in [-0.3, -0.25) is 0 Å². The van der Waals surface area contributed by atoms with Crippen LogP contribution in [0.1, 0.15) is 56.4 Å². The molecular formula is C20H26N4. The van der Waals surface area contributed by atoms with Crippen molar-refractivity contribution >= 4 is 11.8 Å². The third kappa shape index (κ3) is 3.10. The highest BCUT2D eigenvalue weighted by Crippen LogP contribution is 2.40. The molecule has 0 bridgehead atoms. The van der Waals surface area contributed by atoms with Crippen molar-refractivity contribution in [2.24, 2.45) is 0 Å². The predicted octanol–water partition coefficient (Wildman–Crippen LogP) is 4.13. The summed E-state index contributed by atoms with van der Waals surface area (Å²) in [6.45, 7) is 7.49. The Labute approximate surface area is 144 Å². The van der Waals surface area contributed by atoms with Crippen LogP contribution in [0.5, 0.6) is 0 Å². The zero-order chi connectivity index (χ0) is 16.7. The van der Waals surface area contributed by atoms with Crippen LogP contribution >= 0.6 is 0 Å². The van der Waals surface area contributed by atoms with Gasteiger partial charge in [0.05, 0.1) is 5.69 Å². The van der Waals surface area contributed by atoms with Crippen molar-refractivity contribution in [2.45, 2.75) is 64.6 Å². The Bertz CT molecular complexity index is 736. The zero-order valence-corrected chi connectivity index (χ0v) is 14.8. The Morgan fingerprint density at radius 1 is 1.12 bits per heavy atom. The molecule has 1 N–H and O–H groups in total. The molecule has 4 rings (SSSR count). The number of aromatic nitrogens is 2. The van der Waals surface area contributed by atoms with Crippen LogP contribution in [0, 0.1) is 0 Å². The SMILES string of the molecule is CC(C)Nc1nc(C2CC2)cc(N2Cc3ccccc3C[C@H]2C)n1. The van der Waals surface area contributed by atoms with E-state index in [9.17, 15) is 0 Å². The van der Waals surface area contributed by atoms with Crippen molar-refractivity contribution in [3.05, 3.63) is 47.2 Å². The number of nitrogens with one attached hydrogen (secondary N) is 1. The molecule has 1 aliphatic heterocycles. The molecule has 126 valence electrons. The van der Waals surface area contributed by atoms with Gasteiger partial charge >= 0.3 is 0 Å². The average Bonchev–Trinajstić information content (AvgIpc) is 3.38. The molecule has 2 aliphatic rings. The smallest absolute Gasteiger partial charge is 0.225 e. The monoisotopic (exact) mass is 322 g/mol. The van der Waals surface area contributed by atoms with Crippen LogP contribution in [-0.2, 0) is 13.0 Å².